The molecule has 33 nitrogen and oxygen atoms in total. The van der Waals surface area contributed by atoms with Crippen molar-refractivity contribution in [2.45, 2.75) is 157 Å². The Morgan fingerprint density at radius 2 is 1.25 bits per heavy atom. The highest BCUT2D eigenvalue weighted by Crippen LogP contribution is 2.27. The van der Waals surface area contributed by atoms with E-state index in [-0.39, 0.29) is 75.5 Å². The highest BCUT2D eigenvalue weighted by Gasteiger charge is 2.41. The summed E-state index contributed by atoms with van der Waals surface area (Å²) in [6.45, 7) is 0.994. The Kier molecular flexibility index (Phi) is 31.7. The van der Waals surface area contributed by atoms with Crippen LogP contribution in [0.1, 0.15) is 88.3 Å². The van der Waals surface area contributed by atoms with Crippen molar-refractivity contribution in [1.82, 2.24) is 63.1 Å². The lowest BCUT2D eigenvalue weighted by Gasteiger charge is -2.29. The fourth-order valence-corrected chi connectivity index (χ4v) is 13.6. The van der Waals surface area contributed by atoms with Crippen molar-refractivity contribution in [2.75, 3.05) is 37.7 Å². The minimum Gasteiger partial charge on any atom is -0.508 e. The number of carbonyl (C=O) groups excluding carboxylic acids is 12. The number of carbonyl (C=O) groups is 13. The summed E-state index contributed by atoms with van der Waals surface area (Å²) >= 11 is 0. The van der Waals surface area contributed by atoms with Crippen molar-refractivity contribution >= 4 is 115 Å². The molecule has 2 saturated heterocycles. The summed E-state index contributed by atoms with van der Waals surface area (Å²) in [4.78, 5) is 190. The largest absolute Gasteiger partial charge is 0.508 e. The van der Waals surface area contributed by atoms with Crippen molar-refractivity contribution in [3.8, 4) is 11.5 Å². The van der Waals surface area contributed by atoms with Gasteiger partial charge in [0.2, 0.25) is 70.9 Å². The Bertz CT molecular complexity index is 3740. The number of likely N-dealkylation sites (tertiary alicyclic amines) is 1. The van der Waals surface area contributed by atoms with E-state index in [4.69, 9.17) is 22.9 Å². The molecular weight excluding hydrogens is 1410 g/mol. The molecule has 22 N–H and O–H groups in total. The van der Waals surface area contributed by atoms with Crippen LogP contribution in [0.5, 0.6) is 11.5 Å². The summed E-state index contributed by atoms with van der Waals surface area (Å²) in [5.41, 5.74) is 24.2. The van der Waals surface area contributed by atoms with Gasteiger partial charge in [-0.1, -0.05) is 77.9 Å². The highest BCUT2D eigenvalue weighted by atomic mass is 33.1. The minimum atomic E-state index is -4.70. The number of nitrogens with two attached hydrogens (primary N) is 4. The highest BCUT2D eigenvalue weighted by molar-refractivity contribution is 8.76. The number of carboxylic acid groups (broad SMARTS) is 1. The Morgan fingerprint density at radius 1 is 0.673 bits per heavy atom. The molecule has 0 bridgehead atoms. The number of aromatic amines is 1. The van der Waals surface area contributed by atoms with E-state index < -0.39 is 206 Å². The number of halogens is 3. The van der Waals surface area contributed by atoms with Crippen molar-refractivity contribution in [2.24, 2.45) is 33.8 Å². The number of carboxylic acids is 1. The quantitative estimate of drug-likeness (QED) is 0.0169. The second-order valence-electron chi connectivity index (χ2n) is 25.2. The van der Waals surface area contributed by atoms with E-state index in [1.807, 2.05) is 0 Å². The van der Waals surface area contributed by atoms with Gasteiger partial charge in [0.05, 0.1) is 12.6 Å². The summed E-state index contributed by atoms with van der Waals surface area (Å²) in [6, 6.07) is 1.68. The van der Waals surface area contributed by atoms with E-state index in [1.165, 1.54) is 62.4 Å². The molecule has 0 aliphatic carbocycles. The number of hydrogen-bond acceptors (Lipinski definition) is 19. The molecule has 2 aliphatic heterocycles. The molecule has 10 atom stereocenters. The van der Waals surface area contributed by atoms with Gasteiger partial charge >= 0.3 is 12.1 Å². The van der Waals surface area contributed by atoms with E-state index >= 15 is 0 Å². The van der Waals surface area contributed by atoms with Crippen LogP contribution in [0.2, 0.25) is 0 Å². The van der Waals surface area contributed by atoms with Crippen LogP contribution in [0, 0.1) is 5.92 Å². The van der Waals surface area contributed by atoms with Gasteiger partial charge in [0.25, 0.3) is 0 Å². The molecule has 3 heterocycles. The Morgan fingerprint density at radius 3 is 1.88 bits per heavy atom. The molecule has 0 spiro atoms. The topological polar surface area (TPSA) is 538 Å². The van der Waals surface area contributed by atoms with E-state index in [9.17, 15) is 90.8 Å². The maximum atomic E-state index is 15.0. The first-order chi connectivity index (χ1) is 49.2. The summed E-state index contributed by atoms with van der Waals surface area (Å²) in [5, 5.41) is 56.1. The van der Waals surface area contributed by atoms with Gasteiger partial charge in [0.1, 0.15) is 65.9 Å². The van der Waals surface area contributed by atoms with Crippen LogP contribution in [0.4, 0.5) is 13.2 Å². The normalized spacial score (nSPS) is 22.5. The van der Waals surface area contributed by atoms with E-state index in [2.05, 4.69) is 63.1 Å². The summed E-state index contributed by atoms with van der Waals surface area (Å²) in [6.07, 6.45) is -6.88. The number of fused-ring (bicyclic) bond motifs is 1. The molecule has 1 aromatic heterocycles. The number of alkyl halides is 3. The molecule has 104 heavy (non-hydrogen) atoms. The van der Waals surface area contributed by atoms with Crippen LogP contribution in [0.15, 0.2) is 84.0 Å². The molecule has 12 amide bonds. The standard InChI is InChI=1S/C66H88F3N17O16S2/c1-34(2)54-64(102)82-46(28-36-13-17-39(88)18-14-36)59(97)78-42(9-5-24-75-65(72)73)56(94)74-25-23-52(90)77-43(19-21-51(70)89)57(95)80-47(29-37-30-76-41-8-4-3-7-40(37)41)61(99)79-44(20-22-53(91)92)58(96)83-48(55(71)93)31-103-104-32-49(62(100)85-54)84-60(98)45(27-35-11-15-38(87)16-12-35)81-63(101)50-10-6-26-86(50)33-66(67,68)69/h3-4,7-8,11-18,30,34,42-50,54,76,87-88H,5-6,9-10,19-29,31-33H2,1-2H3,(H2,70,89)(H2,71,93)(H,74,94)(H,77,90)(H,78,97)(H,79,99)(H,80,95)(H,81,101)(H,82,102)(H,83,96)(H,84,98)(H,85,100)(H,91,92)(H4,72,73,75)/t42-,43-,44-,45-,46-,47-,48+,49-,50-,54-/m0/s1. The summed E-state index contributed by atoms with van der Waals surface area (Å²) in [7, 11) is 1.58. The lowest BCUT2D eigenvalue weighted by Crippen LogP contribution is -2.61. The third-order valence-electron chi connectivity index (χ3n) is 16.7. The molecule has 4 aromatic rings. The summed E-state index contributed by atoms with van der Waals surface area (Å²) < 4.78 is 41.3. The molecule has 3 aromatic carbocycles. The van der Waals surface area contributed by atoms with Crippen LogP contribution in [0.3, 0.4) is 0 Å². The van der Waals surface area contributed by atoms with Crippen LogP contribution in [0.25, 0.3) is 10.9 Å². The number of aromatic nitrogens is 1. The van der Waals surface area contributed by atoms with E-state index in [0.717, 1.165) is 26.5 Å². The number of amides is 12. The molecule has 0 radical (unpaired) electrons. The second-order valence-corrected chi connectivity index (χ2v) is 27.8. The van der Waals surface area contributed by atoms with Gasteiger partial charge in [-0.05, 0) is 98.0 Å². The van der Waals surface area contributed by atoms with Crippen molar-refractivity contribution in [1.29, 1.82) is 0 Å². The average Bonchev–Trinajstić information content (AvgIpc) is 1.60. The Labute approximate surface area is 602 Å². The first kappa shape index (κ1) is 82.6. The van der Waals surface area contributed by atoms with Crippen LogP contribution in [-0.2, 0) is 81.6 Å². The van der Waals surface area contributed by atoms with Crippen LogP contribution >= 0.6 is 21.6 Å². The van der Waals surface area contributed by atoms with Crippen LogP contribution in [-0.4, -0.2) is 212 Å². The molecule has 6 rings (SSSR count). The zero-order chi connectivity index (χ0) is 76.4. The number of guanidine groups is 1. The van der Waals surface area contributed by atoms with Gasteiger partial charge in [-0.15, -0.1) is 0 Å². The van der Waals surface area contributed by atoms with Gasteiger partial charge < -0.3 is 96.4 Å². The van der Waals surface area contributed by atoms with Gasteiger partial charge in [-0.2, -0.15) is 13.2 Å². The molecule has 0 unspecified atom stereocenters. The minimum absolute atomic E-state index is 0.0124. The van der Waals surface area contributed by atoms with Crippen molar-refractivity contribution in [3.63, 3.8) is 0 Å². The number of aliphatic imine (C=N–C) groups is 1. The number of phenolic OH excluding ortho intramolecular Hbond substituents is 2. The lowest BCUT2D eigenvalue weighted by molar-refractivity contribution is -0.152. The fourth-order valence-electron chi connectivity index (χ4n) is 11.3. The average molecular weight is 1500 g/mol. The molecular formula is C66H88F3N17O16S2. The third kappa shape index (κ3) is 27.1. The molecule has 2 fully saturated rings. The van der Waals surface area contributed by atoms with E-state index in [0.29, 0.717) is 27.6 Å². The number of H-pyrrole nitrogens is 1. The summed E-state index contributed by atoms with van der Waals surface area (Å²) in [5.74, 6) is -16.0. The van der Waals surface area contributed by atoms with Gasteiger partial charge in [-0.25, -0.2) is 0 Å². The number of hydrogen-bond donors (Lipinski definition) is 18. The van der Waals surface area contributed by atoms with Crippen molar-refractivity contribution < 1.29 is 90.8 Å². The lowest BCUT2D eigenvalue weighted by atomic mass is 10.00. The van der Waals surface area contributed by atoms with Gasteiger partial charge in [0.15, 0.2) is 5.96 Å². The number of aliphatic carboxylic acids is 1. The third-order valence-corrected chi connectivity index (χ3v) is 19.2. The van der Waals surface area contributed by atoms with Gasteiger partial charge in [0, 0.05) is 80.2 Å². The van der Waals surface area contributed by atoms with Crippen molar-refractivity contribution in [3.05, 3.63) is 95.7 Å². The molecule has 38 heteroatoms. The second kappa shape index (κ2) is 39.9. The first-order valence-electron chi connectivity index (χ1n) is 33.2. The SMILES string of the molecule is CC(C)[C@@H]1NC(=O)[C@@H](NC(=O)[C@H](Cc2ccc(O)cc2)NC(=O)[C@@H]2CCCN2CC(F)(F)F)CSSC[C@H](C(N)=O)NC(=O)[C@H](CCC(=O)O)NC(=O)[C@H](Cc2c[nH]c3ccccc23)NC(=O)[C@H](CCC(N)=O)NC(=O)CCNC(=O)[C@H](CCCN=C(N)N)NC(=O)[C@H](Cc2ccc(O)cc2)NC1=O. The maximum absolute atomic E-state index is 15.0. The smallest absolute Gasteiger partial charge is 0.401 e. The zero-order valence-corrected chi connectivity index (χ0v) is 58.5. The number of phenols is 2. The molecule has 2 aliphatic rings. The predicted molar refractivity (Wildman–Crippen MR) is 375 cm³/mol. The fraction of sp³-hybridized carbons (Fsp3) is 0.485. The monoisotopic (exact) mass is 1500 g/mol. The maximum Gasteiger partial charge on any atom is 0.401 e. The zero-order valence-electron chi connectivity index (χ0n) is 56.9. The first-order valence-corrected chi connectivity index (χ1v) is 35.7. The van der Waals surface area contributed by atoms with Crippen LogP contribution < -0.4 is 76.1 Å². The molecule has 0 saturated carbocycles. The predicted octanol–water partition coefficient (Wildman–Crippen LogP) is -1.78. The van der Waals surface area contributed by atoms with E-state index in [1.54, 1.807) is 30.5 Å². The Hall–Kier alpha value is -10.4. The van der Waals surface area contributed by atoms with Gasteiger partial charge in [-0.3, -0.25) is 72.2 Å². The molecule has 566 valence electrons. The number of para-hydroxylation sites is 1. The Balaban J connectivity index is 1.41. The number of aromatic hydroxyl groups is 2. The number of benzene rings is 3. The number of rotatable bonds is 23. The number of nitrogens with one attached hydrogen (secondary N) is 11. The number of primary amides is 2. The number of nitrogens with zero attached hydrogens (tertiary/aromatic N) is 2.